The molecule has 0 saturated heterocycles. The van der Waals surface area contributed by atoms with Crippen LogP contribution in [0.4, 0.5) is 5.69 Å². The fraction of sp³-hybridized carbons (Fsp3) is 0.318. The highest BCUT2D eigenvalue weighted by molar-refractivity contribution is 5.95. The van der Waals surface area contributed by atoms with Gasteiger partial charge in [-0.25, -0.2) is 4.98 Å². The van der Waals surface area contributed by atoms with Crippen LogP contribution in [0.1, 0.15) is 29.2 Å². The molecule has 0 spiro atoms. The summed E-state index contributed by atoms with van der Waals surface area (Å²) in [5.41, 5.74) is 5.52. The smallest absolute Gasteiger partial charge is 0.145 e. The van der Waals surface area contributed by atoms with E-state index in [2.05, 4.69) is 34.6 Å². The molecule has 0 aliphatic heterocycles. The van der Waals surface area contributed by atoms with E-state index in [9.17, 15) is 5.11 Å². The summed E-state index contributed by atoms with van der Waals surface area (Å²) in [6, 6.07) is 16.5. The van der Waals surface area contributed by atoms with Gasteiger partial charge in [-0.05, 0) is 43.0 Å². The Labute approximate surface area is 153 Å². The van der Waals surface area contributed by atoms with Crippen LogP contribution in [-0.4, -0.2) is 29.8 Å². The van der Waals surface area contributed by atoms with Crippen molar-refractivity contribution in [1.82, 2.24) is 4.98 Å². The first-order chi connectivity index (χ1) is 12.7. The zero-order valence-corrected chi connectivity index (χ0v) is 15.2. The average molecular weight is 348 g/mol. The quantitative estimate of drug-likeness (QED) is 0.730. The summed E-state index contributed by atoms with van der Waals surface area (Å²) < 4.78 is 5.48. The lowest BCUT2D eigenvalue weighted by atomic mass is 9.93. The van der Waals surface area contributed by atoms with Gasteiger partial charge in [0.05, 0.1) is 19.8 Å². The third kappa shape index (κ3) is 2.90. The Morgan fingerprint density at radius 2 is 2.08 bits per heavy atom. The van der Waals surface area contributed by atoms with Crippen molar-refractivity contribution in [2.24, 2.45) is 0 Å². The van der Waals surface area contributed by atoms with Crippen LogP contribution < -0.4 is 10.1 Å². The number of aromatic nitrogens is 1. The summed E-state index contributed by atoms with van der Waals surface area (Å²) in [5.74, 6) is 1.08. The number of benzene rings is 2. The van der Waals surface area contributed by atoms with Crippen molar-refractivity contribution in [2.45, 2.75) is 31.7 Å². The SMILES string of the molecule is COc1cccc2c(NC(CO)C3CCc4ccccc43)cc(C)nc12. The zero-order valence-electron chi connectivity index (χ0n) is 15.2. The van der Waals surface area contributed by atoms with E-state index in [1.807, 2.05) is 31.2 Å². The molecule has 4 heteroatoms. The number of nitrogens with zero attached hydrogens (tertiary/aromatic N) is 1. The maximum Gasteiger partial charge on any atom is 0.145 e. The zero-order chi connectivity index (χ0) is 18.1. The third-order valence-corrected chi connectivity index (χ3v) is 5.35. The van der Waals surface area contributed by atoms with Gasteiger partial charge in [0, 0.05) is 22.7 Å². The summed E-state index contributed by atoms with van der Waals surface area (Å²) in [7, 11) is 1.66. The Morgan fingerprint density at radius 3 is 2.88 bits per heavy atom. The lowest BCUT2D eigenvalue weighted by Gasteiger charge is -2.26. The minimum absolute atomic E-state index is 0.0325. The molecule has 26 heavy (non-hydrogen) atoms. The van der Waals surface area contributed by atoms with E-state index in [-0.39, 0.29) is 12.6 Å². The number of para-hydroxylation sites is 1. The molecule has 1 heterocycles. The van der Waals surface area contributed by atoms with E-state index >= 15 is 0 Å². The highest BCUT2D eigenvalue weighted by Gasteiger charge is 2.29. The van der Waals surface area contributed by atoms with Gasteiger partial charge in [-0.15, -0.1) is 0 Å². The van der Waals surface area contributed by atoms with Crippen LogP contribution in [-0.2, 0) is 6.42 Å². The number of ether oxygens (including phenoxy) is 1. The Morgan fingerprint density at radius 1 is 1.23 bits per heavy atom. The van der Waals surface area contributed by atoms with Gasteiger partial charge in [-0.3, -0.25) is 0 Å². The number of anilines is 1. The van der Waals surface area contributed by atoms with Crippen LogP contribution in [0, 0.1) is 6.92 Å². The molecule has 0 radical (unpaired) electrons. The van der Waals surface area contributed by atoms with E-state index in [1.54, 1.807) is 7.11 Å². The highest BCUT2D eigenvalue weighted by Crippen LogP contribution is 2.37. The fourth-order valence-electron chi connectivity index (χ4n) is 4.12. The van der Waals surface area contributed by atoms with Gasteiger partial charge in [0.2, 0.25) is 0 Å². The Hall–Kier alpha value is -2.59. The molecule has 0 bridgehead atoms. The molecule has 4 nitrogen and oxygen atoms in total. The van der Waals surface area contributed by atoms with Gasteiger partial charge >= 0.3 is 0 Å². The van der Waals surface area contributed by atoms with Crippen LogP contribution in [0.25, 0.3) is 10.9 Å². The summed E-state index contributed by atoms with van der Waals surface area (Å²) in [4.78, 5) is 4.65. The largest absolute Gasteiger partial charge is 0.494 e. The number of aliphatic hydroxyl groups excluding tert-OH is 1. The Balaban J connectivity index is 1.72. The number of nitrogens with one attached hydrogen (secondary N) is 1. The number of methoxy groups -OCH3 is 1. The molecule has 0 saturated carbocycles. The van der Waals surface area contributed by atoms with Crippen molar-refractivity contribution >= 4 is 16.6 Å². The minimum atomic E-state index is -0.0325. The first-order valence-electron chi connectivity index (χ1n) is 9.11. The van der Waals surface area contributed by atoms with Crippen LogP contribution >= 0.6 is 0 Å². The van der Waals surface area contributed by atoms with Crippen molar-refractivity contribution < 1.29 is 9.84 Å². The second-order valence-corrected chi connectivity index (χ2v) is 6.95. The van der Waals surface area contributed by atoms with Crippen LogP contribution in [0.3, 0.4) is 0 Å². The van der Waals surface area contributed by atoms with Crippen LogP contribution in [0.5, 0.6) is 5.75 Å². The molecule has 1 aromatic heterocycles. The number of rotatable bonds is 5. The molecule has 3 aromatic rings. The fourth-order valence-corrected chi connectivity index (χ4v) is 4.12. The minimum Gasteiger partial charge on any atom is -0.494 e. The molecule has 1 aliphatic carbocycles. The van der Waals surface area contributed by atoms with Gasteiger partial charge in [-0.1, -0.05) is 36.4 Å². The van der Waals surface area contributed by atoms with Gasteiger partial charge in [0.1, 0.15) is 11.3 Å². The predicted molar refractivity (Wildman–Crippen MR) is 105 cm³/mol. The van der Waals surface area contributed by atoms with Gasteiger partial charge in [-0.2, -0.15) is 0 Å². The molecule has 134 valence electrons. The number of aryl methyl sites for hydroxylation is 2. The van der Waals surface area contributed by atoms with E-state index in [1.165, 1.54) is 11.1 Å². The molecule has 0 fully saturated rings. The number of fused-ring (bicyclic) bond motifs is 2. The monoisotopic (exact) mass is 348 g/mol. The number of aliphatic hydroxyl groups is 1. The molecule has 2 aromatic carbocycles. The van der Waals surface area contributed by atoms with Crippen molar-refractivity contribution in [2.75, 3.05) is 19.0 Å². The van der Waals surface area contributed by atoms with E-state index in [0.29, 0.717) is 5.92 Å². The molecule has 0 amide bonds. The standard InChI is InChI=1S/C22H24N2O2/c1-14-12-19(18-8-5-9-21(26-2)22(18)23-14)24-20(13-25)17-11-10-15-6-3-4-7-16(15)17/h3-9,12,17,20,25H,10-11,13H2,1-2H3,(H,23,24). The van der Waals surface area contributed by atoms with Crippen LogP contribution in [0.15, 0.2) is 48.5 Å². The summed E-state index contributed by atoms with van der Waals surface area (Å²) in [6.07, 6.45) is 2.13. The molecule has 4 rings (SSSR count). The molecule has 2 N–H and O–H groups in total. The summed E-state index contributed by atoms with van der Waals surface area (Å²) >= 11 is 0. The van der Waals surface area contributed by atoms with Crippen molar-refractivity contribution in [3.63, 3.8) is 0 Å². The second kappa shape index (κ2) is 6.96. The van der Waals surface area contributed by atoms with E-state index in [0.717, 1.165) is 40.9 Å². The molecular weight excluding hydrogens is 324 g/mol. The van der Waals surface area contributed by atoms with E-state index in [4.69, 9.17) is 4.74 Å². The van der Waals surface area contributed by atoms with Gasteiger partial charge in [0.25, 0.3) is 0 Å². The maximum absolute atomic E-state index is 10.1. The first kappa shape index (κ1) is 16.9. The van der Waals surface area contributed by atoms with Gasteiger partial charge in [0.15, 0.2) is 0 Å². The highest BCUT2D eigenvalue weighted by atomic mass is 16.5. The molecule has 2 unspecified atom stereocenters. The van der Waals surface area contributed by atoms with Crippen LogP contribution in [0.2, 0.25) is 0 Å². The maximum atomic E-state index is 10.1. The molecule has 2 atom stereocenters. The predicted octanol–water partition coefficient (Wildman–Crippen LogP) is 4.05. The first-order valence-corrected chi connectivity index (χ1v) is 9.11. The number of hydrogen-bond donors (Lipinski definition) is 2. The second-order valence-electron chi connectivity index (χ2n) is 6.95. The molecule has 1 aliphatic rings. The van der Waals surface area contributed by atoms with E-state index < -0.39 is 0 Å². The van der Waals surface area contributed by atoms with Crippen molar-refractivity contribution in [3.05, 3.63) is 65.4 Å². The topological polar surface area (TPSA) is 54.4 Å². The summed E-state index contributed by atoms with van der Waals surface area (Å²) in [5, 5.41) is 14.7. The third-order valence-electron chi connectivity index (χ3n) is 5.35. The lowest BCUT2D eigenvalue weighted by molar-refractivity contribution is 0.258. The molecular formula is C22H24N2O2. The summed E-state index contributed by atoms with van der Waals surface area (Å²) in [6.45, 7) is 2.07. The Kier molecular flexibility index (Phi) is 4.51. The van der Waals surface area contributed by atoms with Gasteiger partial charge < -0.3 is 15.2 Å². The lowest BCUT2D eigenvalue weighted by Crippen LogP contribution is -2.30. The Bertz CT molecular complexity index is 939. The van der Waals surface area contributed by atoms with Crippen molar-refractivity contribution in [3.8, 4) is 5.75 Å². The number of pyridine rings is 1. The number of hydrogen-bond acceptors (Lipinski definition) is 4. The van der Waals surface area contributed by atoms with Crippen molar-refractivity contribution in [1.29, 1.82) is 0 Å². The average Bonchev–Trinajstić information content (AvgIpc) is 3.09. The normalized spacial score (nSPS) is 17.1.